The van der Waals surface area contributed by atoms with E-state index >= 15 is 0 Å². The molecule has 16 heavy (non-hydrogen) atoms. The molecule has 1 aromatic carbocycles. The van der Waals surface area contributed by atoms with E-state index in [0.717, 1.165) is 0 Å². The van der Waals surface area contributed by atoms with Gasteiger partial charge >= 0.3 is 0 Å². The highest BCUT2D eigenvalue weighted by molar-refractivity contribution is 5.24. The lowest BCUT2D eigenvalue weighted by Gasteiger charge is -1.98. The molecule has 0 saturated carbocycles. The molecular weight excluding hydrogens is 198 g/mol. The zero-order valence-electron chi connectivity index (χ0n) is 10.8. The lowest BCUT2D eigenvalue weighted by Crippen LogP contribution is -2.15. The molecule has 0 radical (unpaired) electrons. The van der Waals surface area contributed by atoms with Crippen molar-refractivity contribution in [1.82, 2.24) is 5.32 Å². The highest BCUT2D eigenvalue weighted by atomic mass is 16.3. The summed E-state index contributed by atoms with van der Waals surface area (Å²) in [5.74, 6) is 0.329. The maximum absolute atomic E-state index is 8.76. The van der Waals surface area contributed by atoms with E-state index in [2.05, 4.69) is 19.2 Å². The van der Waals surface area contributed by atoms with Crippen LogP contribution in [0.1, 0.15) is 38.7 Å². The van der Waals surface area contributed by atoms with E-state index in [1.807, 2.05) is 19.1 Å². The third kappa shape index (κ3) is 9.53. The molecule has 0 aliphatic rings. The third-order valence-corrected chi connectivity index (χ3v) is 2.17. The maximum atomic E-state index is 8.76. The van der Waals surface area contributed by atoms with Crippen molar-refractivity contribution in [1.29, 1.82) is 0 Å². The fourth-order valence-corrected chi connectivity index (χ4v) is 1.15. The van der Waals surface area contributed by atoms with Gasteiger partial charge in [-0.25, -0.2) is 0 Å². The predicted octanol–water partition coefficient (Wildman–Crippen LogP) is 3.49. The second kappa shape index (κ2) is 10.5. The first kappa shape index (κ1) is 15.0. The van der Waals surface area contributed by atoms with Crippen molar-refractivity contribution in [3.63, 3.8) is 0 Å². The number of hydrogen-bond donors (Lipinski definition) is 2. The standard InChI is InChI=1S/C7H17N.C7H8O/c1-3-5-7-8-6-4-2;1-6-2-4-7(8)5-3-6/h8H,3-7H2,1-2H3;2-5,8H,1H3. The van der Waals surface area contributed by atoms with Crippen LogP contribution in [0.4, 0.5) is 0 Å². The van der Waals surface area contributed by atoms with Crippen LogP contribution in [-0.4, -0.2) is 18.2 Å². The van der Waals surface area contributed by atoms with Crippen LogP contribution in [0.3, 0.4) is 0 Å². The van der Waals surface area contributed by atoms with E-state index < -0.39 is 0 Å². The summed E-state index contributed by atoms with van der Waals surface area (Å²) in [7, 11) is 0. The molecule has 2 heteroatoms. The molecule has 1 aromatic rings. The van der Waals surface area contributed by atoms with Crippen molar-refractivity contribution in [2.75, 3.05) is 13.1 Å². The summed E-state index contributed by atoms with van der Waals surface area (Å²) < 4.78 is 0. The molecule has 0 atom stereocenters. The SMILES string of the molecule is CCCCNCCC.Cc1ccc(O)cc1. The monoisotopic (exact) mass is 223 g/mol. The van der Waals surface area contributed by atoms with Crippen LogP contribution in [0.15, 0.2) is 24.3 Å². The molecule has 0 fully saturated rings. The minimum atomic E-state index is 0.329. The van der Waals surface area contributed by atoms with E-state index in [1.165, 1.54) is 37.9 Å². The molecule has 0 aromatic heterocycles. The quantitative estimate of drug-likeness (QED) is 0.749. The van der Waals surface area contributed by atoms with E-state index in [4.69, 9.17) is 5.11 Å². The topological polar surface area (TPSA) is 32.3 Å². The molecule has 92 valence electrons. The highest BCUT2D eigenvalue weighted by Crippen LogP contribution is 2.07. The highest BCUT2D eigenvalue weighted by Gasteiger charge is 1.82. The minimum absolute atomic E-state index is 0.329. The van der Waals surface area contributed by atoms with E-state index in [-0.39, 0.29) is 0 Å². The molecule has 2 nitrogen and oxygen atoms in total. The van der Waals surface area contributed by atoms with Crippen LogP contribution in [0.2, 0.25) is 0 Å². The number of aromatic hydroxyl groups is 1. The summed E-state index contributed by atoms with van der Waals surface area (Å²) in [6.45, 7) is 8.77. The van der Waals surface area contributed by atoms with Crippen LogP contribution >= 0.6 is 0 Å². The first-order valence-corrected chi connectivity index (χ1v) is 6.17. The Kier molecular flexibility index (Phi) is 9.83. The van der Waals surface area contributed by atoms with Gasteiger partial charge in [0.25, 0.3) is 0 Å². The Morgan fingerprint density at radius 2 is 1.62 bits per heavy atom. The first-order valence-electron chi connectivity index (χ1n) is 6.17. The molecule has 0 heterocycles. The molecule has 0 aliphatic carbocycles. The fourth-order valence-electron chi connectivity index (χ4n) is 1.15. The molecule has 0 saturated heterocycles. The van der Waals surface area contributed by atoms with Gasteiger partial charge in [-0.1, -0.05) is 38.0 Å². The average molecular weight is 223 g/mol. The molecule has 0 spiro atoms. The number of nitrogens with one attached hydrogen (secondary N) is 1. The van der Waals surface area contributed by atoms with Crippen LogP contribution in [-0.2, 0) is 0 Å². The lowest BCUT2D eigenvalue weighted by molar-refractivity contribution is 0.475. The Balaban J connectivity index is 0.000000281. The van der Waals surface area contributed by atoms with Gasteiger partial charge in [-0.05, 0) is 45.0 Å². The summed E-state index contributed by atoms with van der Waals surface area (Å²) in [6.07, 6.45) is 3.88. The zero-order chi connectivity index (χ0) is 12.2. The summed E-state index contributed by atoms with van der Waals surface area (Å²) >= 11 is 0. The van der Waals surface area contributed by atoms with Crippen LogP contribution < -0.4 is 5.32 Å². The van der Waals surface area contributed by atoms with Crippen LogP contribution in [0.5, 0.6) is 5.75 Å². The second-order valence-corrected chi connectivity index (χ2v) is 3.94. The predicted molar refractivity (Wildman–Crippen MR) is 70.9 cm³/mol. The number of benzene rings is 1. The van der Waals surface area contributed by atoms with Crippen LogP contribution in [0, 0.1) is 6.92 Å². The number of unbranched alkanes of at least 4 members (excludes halogenated alkanes) is 1. The molecule has 2 N–H and O–H groups in total. The zero-order valence-corrected chi connectivity index (χ0v) is 10.8. The Hall–Kier alpha value is -1.02. The largest absolute Gasteiger partial charge is 0.508 e. The van der Waals surface area contributed by atoms with Gasteiger partial charge in [0, 0.05) is 0 Å². The Morgan fingerprint density at radius 3 is 2.06 bits per heavy atom. The summed E-state index contributed by atoms with van der Waals surface area (Å²) in [6, 6.07) is 7.09. The van der Waals surface area contributed by atoms with E-state index in [0.29, 0.717) is 5.75 Å². The van der Waals surface area contributed by atoms with Gasteiger partial charge in [-0.2, -0.15) is 0 Å². The third-order valence-electron chi connectivity index (χ3n) is 2.17. The normalized spacial score (nSPS) is 9.44. The van der Waals surface area contributed by atoms with Gasteiger partial charge < -0.3 is 10.4 Å². The molecule has 0 aliphatic heterocycles. The van der Waals surface area contributed by atoms with Crippen molar-refractivity contribution >= 4 is 0 Å². The molecular formula is C14H25NO. The van der Waals surface area contributed by atoms with Crippen molar-refractivity contribution < 1.29 is 5.11 Å². The number of hydrogen-bond acceptors (Lipinski definition) is 2. The second-order valence-electron chi connectivity index (χ2n) is 3.94. The molecule has 0 unspecified atom stereocenters. The summed E-state index contributed by atoms with van der Waals surface area (Å²) in [4.78, 5) is 0. The van der Waals surface area contributed by atoms with Crippen molar-refractivity contribution in [2.24, 2.45) is 0 Å². The van der Waals surface area contributed by atoms with Gasteiger partial charge in [-0.3, -0.25) is 0 Å². The van der Waals surface area contributed by atoms with Gasteiger partial charge in [0.15, 0.2) is 0 Å². The molecule has 1 rings (SSSR count). The fraction of sp³-hybridized carbons (Fsp3) is 0.571. The Morgan fingerprint density at radius 1 is 1.00 bits per heavy atom. The average Bonchev–Trinajstić information content (AvgIpc) is 2.30. The van der Waals surface area contributed by atoms with E-state index in [1.54, 1.807) is 12.1 Å². The maximum Gasteiger partial charge on any atom is 0.115 e. The van der Waals surface area contributed by atoms with Gasteiger partial charge in [0.2, 0.25) is 0 Å². The number of phenolic OH excluding ortho intramolecular Hbond substituents is 1. The van der Waals surface area contributed by atoms with Gasteiger partial charge in [0.1, 0.15) is 5.75 Å². The number of rotatable bonds is 5. The van der Waals surface area contributed by atoms with Crippen molar-refractivity contribution in [2.45, 2.75) is 40.0 Å². The van der Waals surface area contributed by atoms with Crippen molar-refractivity contribution in [3.05, 3.63) is 29.8 Å². The smallest absolute Gasteiger partial charge is 0.115 e. The Bertz CT molecular complexity index is 216. The molecule has 0 amide bonds. The van der Waals surface area contributed by atoms with Gasteiger partial charge in [0.05, 0.1) is 0 Å². The summed E-state index contributed by atoms with van der Waals surface area (Å²) in [5, 5.41) is 12.1. The summed E-state index contributed by atoms with van der Waals surface area (Å²) in [5.41, 5.74) is 1.17. The first-order chi connectivity index (χ1) is 7.70. The molecule has 0 bridgehead atoms. The Labute approximate surface area is 99.7 Å². The number of aryl methyl sites for hydroxylation is 1. The van der Waals surface area contributed by atoms with E-state index in [9.17, 15) is 0 Å². The van der Waals surface area contributed by atoms with Crippen LogP contribution in [0.25, 0.3) is 0 Å². The minimum Gasteiger partial charge on any atom is -0.508 e. The number of phenols is 1. The van der Waals surface area contributed by atoms with Gasteiger partial charge in [-0.15, -0.1) is 0 Å². The van der Waals surface area contributed by atoms with Crippen molar-refractivity contribution in [3.8, 4) is 5.75 Å². The lowest BCUT2D eigenvalue weighted by atomic mass is 10.2.